The average molecular weight is 869 g/mol. The van der Waals surface area contributed by atoms with Crippen molar-refractivity contribution >= 4 is 54.9 Å². The highest BCUT2D eigenvalue weighted by Gasteiger charge is 2.41. The predicted molar refractivity (Wildman–Crippen MR) is 230 cm³/mol. The van der Waals surface area contributed by atoms with Gasteiger partial charge in [0, 0.05) is 13.0 Å². The van der Waals surface area contributed by atoms with Crippen molar-refractivity contribution in [3.05, 3.63) is 35.4 Å². The maximum Gasteiger partial charge on any atom is 0.336 e. The lowest BCUT2D eigenvalue weighted by molar-refractivity contribution is -0.144. The SMILES string of the molecule is CSCC[C@H](NC(=O)[C@@H]1CCCN1C(=O)[C@@H](NC(=O)[C@H](Cc1ccc(CP(=O)(OC(C)(C)C)OC(C)(C)C)cc1)NC(=O)CN)C(C)C)C(=O)N[C@@H](CC(C)C)C(=O)O. The molecule has 0 spiro atoms. The number of nitrogens with two attached hydrogens (primary N) is 1. The van der Waals surface area contributed by atoms with Crippen LogP contribution in [-0.4, -0.2) is 112 Å². The molecule has 1 aliphatic heterocycles. The van der Waals surface area contributed by atoms with Crippen LogP contribution in [0.3, 0.4) is 0 Å². The van der Waals surface area contributed by atoms with Gasteiger partial charge in [0.25, 0.3) is 0 Å². The van der Waals surface area contributed by atoms with Gasteiger partial charge in [-0.25, -0.2) is 4.79 Å². The number of rotatable bonds is 22. The predicted octanol–water partition coefficient (Wildman–Crippen LogP) is 3.98. The van der Waals surface area contributed by atoms with Crippen molar-refractivity contribution in [1.29, 1.82) is 0 Å². The van der Waals surface area contributed by atoms with E-state index in [9.17, 15) is 38.4 Å². The summed E-state index contributed by atoms with van der Waals surface area (Å²) < 4.78 is 25.7. The van der Waals surface area contributed by atoms with Crippen molar-refractivity contribution in [3.8, 4) is 0 Å². The van der Waals surface area contributed by atoms with Gasteiger partial charge in [0.15, 0.2) is 0 Å². The van der Waals surface area contributed by atoms with Crippen molar-refractivity contribution in [2.45, 2.75) is 149 Å². The van der Waals surface area contributed by atoms with Crippen molar-refractivity contribution in [2.75, 3.05) is 25.1 Å². The van der Waals surface area contributed by atoms with Gasteiger partial charge in [-0.2, -0.15) is 11.8 Å². The first-order chi connectivity index (χ1) is 27.3. The first-order valence-electron chi connectivity index (χ1n) is 20.3. The molecule has 2 rings (SSSR count). The molecule has 0 bridgehead atoms. The second kappa shape index (κ2) is 22.9. The smallest absolute Gasteiger partial charge is 0.336 e. The molecule has 1 aromatic carbocycles. The maximum absolute atomic E-state index is 14.2. The molecule has 0 radical (unpaired) electrons. The first-order valence-corrected chi connectivity index (χ1v) is 23.4. The Morgan fingerprint density at radius 2 is 1.42 bits per heavy atom. The minimum Gasteiger partial charge on any atom is -0.480 e. The summed E-state index contributed by atoms with van der Waals surface area (Å²) in [4.78, 5) is 80.9. The van der Waals surface area contributed by atoms with E-state index < -0.39 is 90.4 Å². The molecular formula is C41H69N6O10PS. The van der Waals surface area contributed by atoms with Crippen LogP contribution in [-0.2, 0) is 55.0 Å². The Labute approximate surface area is 354 Å². The Morgan fingerprint density at radius 1 is 0.864 bits per heavy atom. The second-order valence-electron chi connectivity index (χ2n) is 17.8. The number of likely N-dealkylation sites (tertiary alicyclic amines) is 1. The fraction of sp³-hybridized carbons (Fsp3) is 0.707. The minimum absolute atomic E-state index is 0.00305. The molecule has 0 aliphatic carbocycles. The standard InChI is InChI=1S/C41H69N6O10PS/c1-25(2)21-31(39(53)54)45-35(49)29(18-20-59-11)44-37(51)32-13-12-19-47(32)38(52)34(26(3)4)46-36(50)30(43-33(48)23-42)22-27-14-16-28(17-15-27)24-58(55,56-40(5,6)7)57-41(8,9)10/h14-17,25-26,29-32,34H,12-13,18-24,42H2,1-11H3,(H,43,48)(H,44,51)(H,45,49)(H,46,50)(H,53,54)/t29-,30-,31-,32-,34-/m0/s1. The molecule has 1 fully saturated rings. The molecule has 1 saturated heterocycles. The molecule has 1 aliphatic rings. The maximum atomic E-state index is 14.2. The molecule has 0 saturated carbocycles. The zero-order valence-corrected chi connectivity index (χ0v) is 38.4. The number of carbonyl (C=O) groups is 6. The summed E-state index contributed by atoms with van der Waals surface area (Å²) in [5, 5.41) is 20.5. The van der Waals surface area contributed by atoms with E-state index in [1.54, 1.807) is 79.7 Å². The quantitative estimate of drug-likeness (QED) is 0.0909. The van der Waals surface area contributed by atoms with Crippen LogP contribution in [0, 0.1) is 11.8 Å². The first kappa shape index (κ1) is 51.6. The van der Waals surface area contributed by atoms with Crippen LogP contribution < -0.4 is 27.0 Å². The van der Waals surface area contributed by atoms with Crippen LogP contribution >= 0.6 is 19.4 Å². The summed E-state index contributed by atoms with van der Waals surface area (Å²) in [7, 11) is -3.58. The number of aliphatic carboxylic acids is 1. The number of carbonyl (C=O) groups excluding carboxylic acids is 5. The topological polar surface area (TPSA) is 236 Å². The molecule has 1 aromatic rings. The monoisotopic (exact) mass is 868 g/mol. The summed E-state index contributed by atoms with van der Waals surface area (Å²) in [5.74, 6) is -3.95. The molecule has 334 valence electrons. The molecule has 5 amide bonds. The number of nitrogens with one attached hydrogen (secondary N) is 4. The third-order valence-electron chi connectivity index (χ3n) is 9.14. The van der Waals surface area contributed by atoms with Crippen LogP contribution in [0.1, 0.15) is 106 Å². The zero-order chi connectivity index (χ0) is 44.9. The summed E-state index contributed by atoms with van der Waals surface area (Å²) in [6.07, 6.45) is 3.19. The molecular weight excluding hydrogens is 800 g/mol. The van der Waals surface area contributed by atoms with E-state index in [1.807, 2.05) is 20.1 Å². The summed E-state index contributed by atoms with van der Waals surface area (Å²) >= 11 is 1.47. The van der Waals surface area contributed by atoms with E-state index in [-0.39, 0.29) is 44.4 Å². The lowest BCUT2D eigenvalue weighted by atomic mass is 9.99. The highest BCUT2D eigenvalue weighted by atomic mass is 32.2. The molecule has 7 N–H and O–H groups in total. The van der Waals surface area contributed by atoms with E-state index in [0.29, 0.717) is 29.7 Å². The molecule has 18 heteroatoms. The third kappa shape index (κ3) is 17.9. The van der Waals surface area contributed by atoms with Crippen LogP contribution in [0.25, 0.3) is 0 Å². The number of carboxylic acid groups (broad SMARTS) is 1. The lowest BCUT2D eigenvalue weighted by Gasteiger charge is -2.32. The minimum atomic E-state index is -3.58. The summed E-state index contributed by atoms with van der Waals surface area (Å²) in [6.45, 7) is 17.9. The number of thioether (sulfide) groups is 1. The fourth-order valence-electron chi connectivity index (χ4n) is 6.61. The largest absolute Gasteiger partial charge is 0.480 e. The van der Waals surface area contributed by atoms with E-state index >= 15 is 0 Å². The summed E-state index contributed by atoms with van der Waals surface area (Å²) in [5.41, 5.74) is 5.49. The van der Waals surface area contributed by atoms with Gasteiger partial charge in [-0.05, 0) is 102 Å². The van der Waals surface area contributed by atoms with Gasteiger partial charge in [0.05, 0.1) is 23.9 Å². The number of hydrogen-bond donors (Lipinski definition) is 6. The van der Waals surface area contributed by atoms with Crippen molar-refractivity contribution in [1.82, 2.24) is 26.2 Å². The van der Waals surface area contributed by atoms with E-state index in [0.717, 1.165) is 0 Å². The number of hydrogen-bond acceptors (Lipinski definition) is 11. The molecule has 1 heterocycles. The van der Waals surface area contributed by atoms with Gasteiger partial charge in [0.1, 0.15) is 30.2 Å². The Hall–Kier alpha value is -3.50. The van der Waals surface area contributed by atoms with Gasteiger partial charge in [-0.15, -0.1) is 0 Å². The number of nitrogens with zero attached hydrogens (tertiary/aromatic N) is 1. The summed E-state index contributed by atoms with van der Waals surface area (Å²) in [6, 6.07) is 1.74. The molecule has 0 aromatic heterocycles. The number of carboxylic acids is 1. The second-order valence-corrected chi connectivity index (χ2v) is 20.7. The normalized spacial score (nSPS) is 16.9. The van der Waals surface area contributed by atoms with Crippen LogP contribution in [0.15, 0.2) is 24.3 Å². The van der Waals surface area contributed by atoms with E-state index in [1.165, 1.54) is 16.7 Å². The van der Waals surface area contributed by atoms with Gasteiger partial charge < -0.3 is 46.1 Å². The molecule has 5 atom stereocenters. The lowest BCUT2D eigenvalue weighted by Crippen LogP contribution is -2.60. The van der Waals surface area contributed by atoms with Gasteiger partial charge in [0.2, 0.25) is 29.5 Å². The highest BCUT2D eigenvalue weighted by molar-refractivity contribution is 7.98. The van der Waals surface area contributed by atoms with Gasteiger partial charge in [-0.1, -0.05) is 52.0 Å². The van der Waals surface area contributed by atoms with Crippen molar-refractivity contribution < 1.29 is 47.5 Å². The molecule has 16 nitrogen and oxygen atoms in total. The van der Waals surface area contributed by atoms with Crippen molar-refractivity contribution in [2.24, 2.45) is 17.6 Å². The van der Waals surface area contributed by atoms with Crippen LogP contribution in [0.2, 0.25) is 0 Å². The Balaban J connectivity index is 2.28. The Morgan fingerprint density at radius 3 is 1.92 bits per heavy atom. The zero-order valence-electron chi connectivity index (χ0n) is 36.7. The molecule has 59 heavy (non-hydrogen) atoms. The van der Waals surface area contributed by atoms with E-state index in [2.05, 4.69) is 21.3 Å². The van der Waals surface area contributed by atoms with Crippen LogP contribution in [0.5, 0.6) is 0 Å². The van der Waals surface area contributed by atoms with E-state index in [4.69, 9.17) is 14.8 Å². The number of benzene rings is 1. The van der Waals surface area contributed by atoms with Crippen LogP contribution in [0.4, 0.5) is 0 Å². The van der Waals surface area contributed by atoms with Crippen molar-refractivity contribution in [3.63, 3.8) is 0 Å². The Bertz CT molecular complexity index is 1630. The number of amides is 5. The fourth-order valence-corrected chi connectivity index (χ4v) is 9.57. The van der Waals surface area contributed by atoms with Gasteiger partial charge >= 0.3 is 13.6 Å². The Kier molecular flexibility index (Phi) is 20.1. The molecule has 0 unspecified atom stereocenters. The van der Waals surface area contributed by atoms with Gasteiger partial charge in [-0.3, -0.25) is 28.5 Å². The highest BCUT2D eigenvalue weighted by Crippen LogP contribution is 2.56. The third-order valence-corrected chi connectivity index (χ3v) is 12.2. The average Bonchev–Trinajstić information content (AvgIpc) is 3.60.